The number of para-hydroxylation sites is 1. The number of thiocarbonyl (C=S) groups is 1. The van der Waals surface area contributed by atoms with Crippen LogP contribution >= 0.6 is 35.4 Å². The normalized spacial score (nSPS) is 10.1. The predicted octanol–water partition coefficient (Wildman–Crippen LogP) is 3.76. The molecule has 9 heteroatoms. The maximum absolute atomic E-state index is 12.0. The largest absolute Gasteiger partial charge is 0.492 e. The van der Waals surface area contributed by atoms with Crippen LogP contribution in [0.1, 0.15) is 23.2 Å². The molecule has 0 bridgehead atoms. The van der Waals surface area contributed by atoms with Gasteiger partial charge in [-0.15, -0.1) is 0 Å². The summed E-state index contributed by atoms with van der Waals surface area (Å²) >= 11 is 16.9. The smallest absolute Gasteiger partial charge is 0.250 e. The molecule has 2 rings (SSSR count). The Labute approximate surface area is 172 Å². The fourth-order valence-corrected chi connectivity index (χ4v) is 2.84. The van der Waals surface area contributed by atoms with E-state index in [0.717, 1.165) is 0 Å². The average molecular weight is 426 g/mol. The van der Waals surface area contributed by atoms with Crippen molar-refractivity contribution in [2.75, 3.05) is 11.9 Å². The van der Waals surface area contributed by atoms with E-state index in [1.165, 1.54) is 0 Å². The van der Waals surface area contributed by atoms with Crippen molar-refractivity contribution in [3.8, 4) is 5.75 Å². The van der Waals surface area contributed by atoms with Gasteiger partial charge in [0.1, 0.15) is 5.75 Å². The Hall–Kier alpha value is -2.35. The maximum atomic E-state index is 12.0. The predicted molar refractivity (Wildman–Crippen MR) is 111 cm³/mol. The van der Waals surface area contributed by atoms with Crippen LogP contribution in [0.2, 0.25) is 10.0 Å². The first-order valence-electron chi connectivity index (χ1n) is 7.94. The van der Waals surface area contributed by atoms with Gasteiger partial charge in [-0.25, -0.2) is 0 Å². The fraction of sp³-hybridized carbons (Fsp3) is 0.167. The number of benzene rings is 2. The molecule has 0 unspecified atom stereocenters. The third-order valence-corrected chi connectivity index (χ3v) is 4.13. The van der Waals surface area contributed by atoms with Crippen molar-refractivity contribution in [1.82, 2.24) is 5.32 Å². The van der Waals surface area contributed by atoms with Gasteiger partial charge >= 0.3 is 0 Å². The van der Waals surface area contributed by atoms with E-state index in [2.05, 4.69) is 10.6 Å². The molecule has 0 radical (unpaired) electrons. The number of anilines is 1. The Morgan fingerprint density at radius 3 is 2.59 bits per heavy atom. The van der Waals surface area contributed by atoms with E-state index in [1.807, 2.05) is 0 Å². The van der Waals surface area contributed by atoms with Gasteiger partial charge in [-0.3, -0.25) is 9.59 Å². The Kier molecular flexibility index (Phi) is 7.84. The minimum atomic E-state index is -0.592. The summed E-state index contributed by atoms with van der Waals surface area (Å²) < 4.78 is 5.51. The van der Waals surface area contributed by atoms with Crippen molar-refractivity contribution in [1.29, 1.82) is 0 Å². The van der Waals surface area contributed by atoms with E-state index < -0.39 is 5.91 Å². The minimum Gasteiger partial charge on any atom is -0.492 e. The molecular weight excluding hydrogens is 409 g/mol. The zero-order valence-electron chi connectivity index (χ0n) is 14.1. The van der Waals surface area contributed by atoms with Gasteiger partial charge in [0, 0.05) is 11.4 Å². The summed E-state index contributed by atoms with van der Waals surface area (Å²) in [6.07, 6.45) is 0.662. The summed E-state index contributed by atoms with van der Waals surface area (Å²) in [7, 11) is 0. The average Bonchev–Trinajstić information content (AvgIpc) is 2.60. The molecule has 27 heavy (non-hydrogen) atoms. The molecule has 0 saturated carbocycles. The van der Waals surface area contributed by atoms with Crippen LogP contribution in [0.3, 0.4) is 0 Å². The van der Waals surface area contributed by atoms with Crippen LogP contribution in [0, 0.1) is 0 Å². The van der Waals surface area contributed by atoms with Crippen LogP contribution < -0.4 is 21.1 Å². The quantitative estimate of drug-likeness (QED) is 0.463. The summed E-state index contributed by atoms with van der Waals surface area (Å²) in [5, 5.41) is 6.34. The summed E-state index contributed by atoms with van der Waals surface area (Å²) in [5.74, 6) is -0.373. The number of nitrogens with two attached hydrogens (primary N) is 1. The lowest BCUT2D eigenvalue weighted by atomic mass is 10.1. The van der Waals surface area contributed by atoms with Crippen molar-refractivity contribution in [2.45, 2.75) is 12.8 Å². The van der Waals surface area contributed by atoms with Gasteiger partial charge in [-0.05, 0) is 49.0 Å². The van der Waals surface area contributed by atoms with E-state index in [0.29, 0.717) is 34.5 Å². The molecule has 0 saturated heterocycles. The second-order valence-electron chi connectivity index (χ2n) is 5.44. The van der Waals surface area contributed by atoms with Crippen LogP contribution in [0.4, 0.5) is 5.69 Å². The van der Waals surface area contributed by atoms with Crippen molar-refractivity contribution in [3.63, 3.8) is 0 Å². The van der Waals surface area contributed by atoms with Crippen molar-refractivity contribution in [2.24, 2.45) is 5.73 Å². The first-order chi connectivity index (χ1) is 12.9. The fourth-order valence-electron chi connectivity index (χ4n) is 2.16. The van der Waals surface area contributed by atoms with Gasteiger partial charge in [-0.1, -0.05) is 35.3 Å². The van der Waals surface area contributed by atoms with Crippen LogP contribution in [0.5, 0.6) is 5.75 Å². The zero-order valence-corrected chi connectivity index (χ0v) is 16.5. The molecule has 4 N–H and O–H groups in total. The molecule has 2 amide bonds. The number of carbonyl (C=O) groups excluding carboxylic acids is 2. The van der Waals surface area contributed by atoms with E-state index in [-0.39, 0.29) is 23.0 Å². The SMILES string of the molecule is NC(=O)c1ccccc1NC(=S)NC(=O)CCCOc1ccc(Cl)cc1Cl. The van der Waals surface area contributed by atoms with Crippen LogP contribution in [0.15, 0.2) is 42.5 Å². The standard InChI is InChI=1S/C18H17Cl2N3O3S/c19-11-7-8-15(13(20)10-11)26-9-3-6-16(24)23-18(27)22-14-5-2-1-4-12(14)17(21)25/h1-2,4-5,7-8,10H,3,6,9H2,(H2,21,25)(H2,22,23,24,27). The summed E-state index contributed by atoms with van der Waals surface area (Å²) in [4.78, 5) is 23.3. The van der Waals surface area contributed by atoms with Gasteiger partial charge in [0.2, 0.25) is 5.91 Å². The highest BCUT2D eigenvalue weighted by Gasteiger charge is 2.10. The van der Waals surface area contributed by atoms with Gasteiger partial charge in [0.05, 0.1) is 22.9 Å². The molecule has 0 aliphatic rings. The zero-order chi connectivity index (χ0) is 19.8. The molecule has 2 aromatic carbocycles. The highest BCUT2D eigenvalue weighted by Crippen LogP contribution is 2.27. The number of hydrogen-bond acceptors (Lipinski definition) is 4. The molecule has 0 aliphatic carbocycles. The monoisotopic (exact) mass is 425 g/mol. The Bertz CT molecular complexity index is 861. The third kappa shape index (κ3) is 6.71. The molecule has 0 aliphatic heterocycles. The topological polar surface area (TPSA) is 93.5 Å². The lowest BCUT2D eigenvalue weighted by molar-refractivity contribution is -0.119. The lowest BCUT2D eigenvalue weighted by Gasteiger charge is -2.12. The summed E-state index contributed by atoms with van der Waals surface area (Å²) in [6.45, 7) is 0.305. The van der Waals surface area contributed by atoms with Gasteiger partial charge in [0.25, 0.3) is 5.91 Å². The molecular formula is C18H17Cl2N3O3S. The molecule has 0 atom stereocenters. The van der Waals surface area contributed by atoms with Crippen LogP contribution in [0.25, 0.3) is 0 Å². The number of halogens is 2. The van der Waals surface area contributed by atoms with Crippen LogP contribution in [-0.4, -0.2) is 23.5 Å². The van der Waals surface area contributed by atoms with Gasteiger partial charge < -0.3 is 21.1 Å². The number of amides is 2. The van der Waals surface area contributed by atoms with Crippen molar-refractivity contribution >= 4 is 58.0 Å². The van der Waals surface area contributed by atoms with Crippen LogP contribution in [-0.2, 0) is 4.79 Å². The Morgan fingerprint density at radius 1 is 1.15 bits per heavy atom. The molecule has 0 heterocycles. The molecule has 0 aromatic heterocycles. The highest BCUT2D eigenvalue weighted by atomic mass is 35.5. The van der Waals surface area contributed by atoms with E-state index in [9.17, 15) is 9.59 Å². The number of rotatable bonds is 7. The maximum Gasteiger partial charge on any atom is 0.250 e. The number of primary amides is 1. The molecule has 0 fully saturated rings. The van der Waals surface area contributed by atoms with E-state index >= 15 is 0 Å². The van der Waals surface area contributed by atoms with Crippen molar-refractivity contribution < 1.29 is 14.3 Å². The minimum absolute atomic E-state index is 0.0790. The summed E-state index contributed by atoms with van der Waals surface area (Å²) in [6, 6.07) is 11.5. The number of nitrogens with one attached hydrogen (secondary N) is 2. The Balaban J connectivity index is 1.75. The summed E-state index contributed by atoms with van der Waals surface area (Å²) in [5.41, 5.74) is 6.01. The van der Waals surface area contributed by atoms with Gasteiger partial charge in [-0.2, -0.15) is 0 Å². The van der Waals surface area contributed by atoms with Crippen molar-refractivity contribution in [3.05, 3.63) is 58.1 Å². The Morgan fingerprint density at radius 2 is 1.89 bits per heavy atom. The second kappa shape index (κ2) is 10.1. The first-order valence-corrected chi connectivity index (χ1v) is 9.10. The highest BCUT2D eigenvalue weighted by molar-refractivity contribution is 7.80. The molecule has 2 aromatic rings. The molecule has 0 spiro atoms. The third-order valence-electron chi connectivity index (χ3n) is 3.39. The van der Waals surface area contributed by atoms with Gasteiger partial charge in [0.15, 0.2) is 5.11 Å². The lowest BCUT2D eigenvalue weighted by Crippen LogP contribution is -2.34. The number of hydrogen-bond donors (Lipinski definition) is 3. The first kappa shape index (κ1) is 21.0. The number of ether oxygens (including phenoxy) is 1. The van der Waals surface area contributed by atoms with E-state index in [1.54, 1.807) is 42.5 Å². The van der Waals surface area contributed by atoms with E-state index in [4.69, 9.17) is 45.9 Å². The number of carbonyl (C=O) groups is 2. The molecule has 142 valence electrons. The second-order valence-corrected chi connectivity index (χ2v) is 6.69. The molecule has 6 nitrogen and oxygen atoms in total.